The Morgan fingerprint density at radius 1 is 0.253 bits per heavy atom. The van der Waals surface area contributed by atoms with Crippen LogP contribution < -0.4 is 0 Å². The molecule has 0 rings (SSSR count). The fourth-order valence-electron chi connectivity index (χ4n) is 9.73. The summed E-state index contributed by atoms with van der Waals surface area (Å²) >= 11 is 0. The number of esters is 3. The molecule has 0 aromatic rings. The van der Waals surface area contributed by atoms with E-state index in [9.17, 15) is 14.4 Å². The molecular weight excluding hydrogens is 1020 g/mol. The number of allylic oxidation sites excluding steroid dienone is 20. The van der Waals surface area contributed by atoms with E-state index in [1.54, 1.807) is 0 Å². The molecule has 0 bridgehead atoms. The highest BCUT2D eigenvalue weighted by atomic mass is 16.6. The van der Waals surface area contributed by atoms with Gasteiger partial charge in [-0.2, -0.15) is 0 Å². The average molecular weight is 1150 g/mol. The van der Waals surface area contributed by atoms with Crippen LogP contribution in [0.3, 0.4) is 0 Å². The molecule has 0 saturated heterocycles. The number of carbonyl (C=O) groups excluding carboxylic acids is 3. The van der Waals surface area contributed by atoms with Gasteiger partial charge in [0.15, 0.2) is 6.10 Å². The second kappa shape index (κ2) is 70.3. The van der Waals surface area contributed by atoms with Crippen LogP contribution in [0.4, 0.5) is 0 Å². The molecule has 0 aliphatic rings. The Bertz CT molecular complexity index is 1700. The minimum absolute atomic E-state index is 0.0940. The van der Waals surface area contributed by atoms with Gasteiger partial charge in [-0.15, -0.1) is 0 Å². The van der Waals surface area contributed by atoms with Crippen LogP contribution in [-0.4, -0.2) is 37.2 Å². The summed E-state index contributed by atoms with van der Waals surface area (Å²) in [6, 6.07) is 0. The van der Waals surface area contributed by atoms with Crippen LogP contribution in [-0.2, 0) is 28.6 Å². The first kappa shape index (κ1) is 78.8. The van der Waals surface area contributed by atoms with Crippen LogP contribution in [0.15, 0.2) is 122 Å². The van der Waals surface area contributed by atoms with E-state index in [2.05, 4.69) is 142 Å². The molecule has 0 radical (unpaired) electrons. The molecule has 0 aromatic heterocycles. The maximum Gasteiger partial charge on any atom is 0.306 e. The van der Waals surface area contributed by atoms with Gasteiger partial charge in [0.25, 0.3) is 0 Å². The highest BCUT2D eigenvalue weighted by Gasteiger charge is 2.19. The van der Waals surface area contributed by atoms with E-state index in [1.165, 1.54) is 154 Å². The molecule has 0 saturated carbocycles. The lowest BCUT2D eigenvalue weighted by Crippen LogP contribution is -2.30. The summed E-state index contributed by atoms with van der Waals surface area (Å²) in [7, 11) is 0. The zero-order valence-electron chi connectivity index (χ0n) is 54.4. The minimum Gasteiger partial charge on any atom is -0.462 e. The van der Waals surface area contributed by atoms with E-state index in [1.807, 2.05) is 0 Å². The van der Waals surface area contributed by atoms with Crippen molar-refractivity contribution in [3.05, 3.63) is 122 Å². The summed E-state index contributed by atoms with van der Waals surface area (Å²) in [5, 5.41) is 0. The van der Waals surface area contributed by atoms with Crippen LogP contribution in [0, 0.1) is 0 Å². The molecule has 0 aliphatic heterocycles. The molecule has 474 valence electrons. The van der Waals surface area contributed by atoms with Crippen molar-refractivity contribution in [2.75, 3.05) is 13.2 Å². The van der Waals surface area contributed by atoms with Gasteiger partial charge in [0.2, 0.25) is 0 Å². The Hall–Kier alpha value is -4.19. The van der Waals surface area contributed by atoms with Crippen LogP contribution in [0.5, 0.6) is 0 Å². The van der Waals surface area contributed by atoms with Crippen molar-refractivity contribution in [3.63, 3.8) is 0 Å². The largest absolute Gasteiger partial charge is 0.462 e. The van der Waals surface area contributed by atoms with Crippen LogP contribution >= 0.6 is 0 Å². The Balaban J connectivity index is 4.48. The fourth-order valence-corrected chi connectivity index (χ4v) is 9.73. The average Bonchev–Trinajstić information content (AvgIpc) is 3.50. The monoisotopic (exact) mass is 1150 g/mol. The first-order valence-corrected chi connectivity index (χ1v) is 35.0. The van der Waals surface area contributed by atoms with E-state index >= 15 is 0 Å². The van der Waals surface area contributed by atoms with Gasteiger partial charge in [0.1, 0.15) is 13.2 Å². The highest BCUT2D eigenvalue weighted by molar-refractivity contribution is 5.71. The molecule has 0 N–H and O–H groups in total. The van der Waals surface area contributed by atoms with Gasteiger partial charge in [-0.25, -0.2) is 0 Å². The Morgan fingerprint density at radius 3 is 0.747 bits per heavy atom. The molecular formula is C77H130O6. The summed E-state index contributed by atoms with van der Waals surface area (Å²) in [5.74, 6) is -0.929. The smallest absolute Gasteiger partial charge is 0.306 e. The van der Waals surface area contributed by atoms with E-state index in [0.29, 0.717) is 19.3 Å². The van der Waals surface area contributed by atoms with E-state index < -0.39 is 6.10 Å². The number of carbonyl (C=O) groups is 3. The summed E-state index contributed by atoms with van der Waals surface area (Å²) in [6.45, 7) is 6.51. The summed E-state index contributed by atoms with van der Waals surface area (Å²) in [6.07, 6.45) is 97.8. The molecule has 0 aromatic carbocycles. The van der Waals surface area contributed by atoms with Gasteiger partial charge < -0.3 is 14.2 Å². The fraction of sp³-hybridized carbons (Fsp3) is 0.701. The van der Waals surface area contributed by atoms with Gasteiger partial charge in [0, 0.05) is 19.3 Å². The third-order valence-corrected chi connectivity index (χ3v) is 15.0. The Labute approximate surface area is 513 Å². The Morgan fingerprint density at radius 2 is 0.470 bits per heavy atom. The zero-order chi connectivity index (χ0) is 59.9. The normalized spacial score (nSPS) is 12.9. The lowest BCUT2D eigenvalue weighted by atomic mass is 10.0. The summed E-state index contributed by atoms with van der Waals surface area (Å²) < 4.78 is 17.0. The van der Waals surface area contributed by atoms with Gasteiger partial charge in [-0.3, -0.25) is 14.4 Å². The third kappa shape index (κ3) is 68.5. The van der Waals surface area contributed by atoms with Crippen molar-refractivity contribution >= 4 is 17.9 Å². The highest BCUT2D eigenvalue weighted by Crippen LogP contribution is 2.17. The van der Waals surface area contributed by atoms with Crippen LogP contribution in [0.1, 0.15) is 329 Å². The number of hydrogen-bond donors (Lipinski definition) is 0. The Kier molecular flexibility index (Phi) is 66.7. The first-order valence-electron chi connectivity index (χ1n) is 35.0. The quantitative estimate of drug-likeness (QED) is 0.0261. The topological polar surface area (TPSA) is 78.9 Å². The van der Waals surface area contributed by atoms with Crippen molar-refractivity contribution in [3.8, 4) is 0 Å². The number of ether oxygens (including phenoxy) is 3. The predicted molar refractivity (Wildman–Crippen MR) is 362 cm³/mol. The zero-order valence-corrected chi connectivity index (χ0v) is 54.4. The molecule has 83 heavy (non-hydrogen) atoms. The maximum atomic E-state index is 13.0. The molecule has 0 amide bonds. The maximum absolute atomic E-state index is 13.0. The van der Waals surface area contributed by atoms with Gasteiger partial charge in [-0.1, -0.05) is 316 Å². The minimum atomic E-state index is -0.804. The molecule has 1 atom stereocenters. The van der Waals surface area contributed by atoms with Crippen molar-refractivity contribution in [1.29, 1.82) is 0 Å². The van der Waals surface area contributed by atoms with Gasteiger partial charge in [0.05, 0.1) is 0 Å². The van der Waals surface area contributed by atoms with E-state index in [0.717, 1.165) is 135 Å². The molecule has 0 fully saturated rings. The summed E-state index contributed by atoms with van der Waals surface area (Å²) in [4.78, 5) is 38.5. The van der Waals surface area contributed by atoms with Gasteiger partial charge >= 0.3 is 17.9 Å². The van der Waals surface area contributed by atoms with Crippen molar-refractivity contribution in [1.82, 2.24) is 0 Å². The first-order chi connectivity index (χ1) is 41.0. The molecule has 6 nitrogen and oxygen atoms in total. The molecule has 6 heteroatoms. The van der Waals surface area contributed by atoms with E-state index in [4.69, 9.17) is 14.2 Å². The second-order valence-corrected chi connectivity index (χ2v) is 23.1. The standard InChI is InChI=1S/C77H130O6/c1-4-7-10-13-16-19-22-25-28-31-34-36-37-38-39-41-43-46-49-52-55-58-61-64-67-70-76(79)82-73-74(72-81-75(78)69-66-63-60-57-54-51-48-45-42-33-30-27-24-21-18-15-12-9-6-3)83-77(80)71-68-65-62-59-56-53-50-47-44-40-35-32-29-26-23-20-17-14-11-8-5-2/h7,10,16,19,23,25-26,28,32,34-36,38-39,43-44,46-47,52,55,74H,4-6,8-9,11-15,17-18,20-22,24,27,29-31,33,37,40-42,45,48-51,53-54,56-73H2,1-3H3/b10-7-,19-16-,26-23-,28-25-,35-32-,36-34-,39-38-,46-43-,47-44-,55-52-. The molecule has 0 spiro atoms. The van der Waals surface area contributed by atoms with Crippen LogP contribution in [0.25, 0.3) is 0 Å². The van der Waals surface area contributed by atoms with Gasteiger partial charge in [-0.05, 0) is 116 Å². The summed E-state index contributed by atoms with van der Waals surface area (Å²) in [5.41, 5.74) is 0. The number of unbranched alkanes of at least 4 members (excludes halogenated alkanes) is 32. The third-order valence-electron chi connectivity index (χ3n) is 15.0. The lowest BCUT2D eigenvalue weighted by Gasteiger charge is -2.18. The van der Waals surface area contributed by atoms with Crippen LogP contribution in [0.2, 0.25) is 0 Å². The van der Waals surface area contributed by atoms with Crippen molar-refractivity contribution in [2.45, 2.75) is 335 Å². The SMILES string of the molecule is CC/C=C\C/C=C\C/C=C\C/C=C\C/C=C\C/C=C\C/C=C\CCCCCC(=O)OCC(COC(=O)CCCCCCCCCCCCCCCCCCCCC)OC(=O)CCCCCCCC/C=C\C/C=C\C/C=C\CCCCCCC. The second-order valence-electron chi connectivity index (χ2n) is 23.1. The molecule has 1 unspecified atom stereocenters. The molecule has 0 aliphatic carbocycles. The van der Waals surface area contributed by atoms with Crippen molar-refractivity contribution in [2.24, 2.45) is 0 Å². The predicted octanol–water partition coefficient (Wildman–Crippen LogP) is 24.3. The molecule has 0 heterocycles. The van der Waals surface area contributed by atoms with E-state index in [-0.39, 0.29) is 31.1 Å². The van der Waals surface area contributed by atoms with Crippen molar-refractivity contribution < 1.29 is 28.6 Å². The lowest BCUT2D eigenvalue weighted by molar-refractivity contribution is -0.167. The number of hydrogen-bond acceptors (Lipinski definition) is 6. The number of rotatable bonds is 63.